The zero-order valence-corrected chi connectivity index (χ0v) is 9.48. The summed E-state index contributed by atoms with van der Waals surface area (Å²) in [7, 11) is 0. The van der Waals surface area contributed by atoms with Crippen LogP contribution in [0, 0.1) is 0 Å². The van der Waals surface area contributed by atoms with E-state index in [0.717, 1.165) is 0 Å². The van der Waals surface area contributed by atoms with E-state index in [-0.39, 0.29) is 0 Å². The minimum Gasteiger partial charge on any atom is -0.328 e. The summed E-state index contributed by atoms with van der Waals surface area (Å²) >= 11 is 2.09. The van der Waals surface area contributed by atoms with Gasteiger partial charge in [-0.2, -0.15) is 11.8 Å². The highest BCUT2D eigenvalue weighted by atomic mass is 32.2. The van der Waals surface area contributed by atoms with Gasteiger partial charge in [0, 0.05) is 18.3 Å². The van der Waals surface area contributed by atoms with Gasteiger partial charge in [0.15, 0.2) is 0 Å². The fourth-order valence-electron chi connectivity index (χ4n) is 1.66. The summed E-state index contributed by atoms with van der Waals surface area (Å²) in [6.45, 7) is 5.93. The van der Waals surface area contributed by atoms with Gasteiger partial charge in [-0.05, 0) is 45.0 Å². The number of hydrogen-bond acceptors (Lipinski definition) is 3. The second-order valence-corrected chi connectivity index (χ2v) is 5.15. The summed E-state index contributed by atoms with van der Waals surface area (Å²) in [6, 6.07) is 0.376. The van der Waals surface area contributed by atoms with E-state index in [4.69, 9.17) is 5.73 Å². The molecule has 0 bridgehead atoms. The first-order valence-electron chi connectivity index (χ1n) is 5.34. The van der Waals surface area contributed by atoms with Crippen LogP contribution in [0.25, 0.3) is 0 Å². The van der Waals surface area contributed by atoms with Gasteiger partial charge < -0.3 is 10.6 Å². The lowest BCUT2D eigenvalue weighted by atomic mass is 10.2. The molecular weight excluding hydrogens is 180 g/mol. The molecule has 1 aliphatic heterocycles. The molecule has 2 nitrogen and oxygen atoms in total. The molecule has 2 N–H and O–H groups in total. The minimum absolute atomic E-state index is 0.376. The van der Waals surface area contributed by atoms with E-state index in [9.17, 15) is 0 Å². The third kappa shape index (κ3) is 5.55. The Kier molecular flexibility index (Phi) is 5.83. The van der Waals surface area contributed by atoms with Crippen LogP contribution in [0.2, 0.25) is 0 Å². The molecule has 0 aromatic carbocycles. The lowest BCUT2D eigenvalue weighted by Crippen LogP contribution is -2.28. The number of thioether (sulfide) groups is 1. The molecule has 0 aromatic heterocycles. The van der Waals surface area contributed by atoms with Crippen molar-refractivity contribution in [3.05, 3.63) is 0 Å². The zero-order chi connectivity index (χ0) is 9.52. The topological polar surface area (TPSA) is 29.3 Å². The van der Waals surface area contributed by atoms with Crippen molar-refractivity contribution < 1.29 is 0 Å². The second-order valence-electron chi connectivity index (χ2n) is 3.93. The Morgan fingerprint density at radius 1 is 1.38 bits per heavy atom. The largest absolute Gasteiger partial charge is 0.328 e. The quantitative estimate of drug-likeness (QED) is 0.750. The van der Waals surface area contributed by atoms with Crippen molar-refractivity contribution in [1.82, 2.24) is 4.90 Å². The summed E-state index contributed by atoms with van der Waals surface area (Å²) in [6.07, 6.45) is 3.80. The van der Waals surface area contributed by atoms with Gasteiger partial charge in [-0.15, -0.1) is 0 Å². The van der Waals surface area contributed by atoms with E-state index >= 15 is 0 Å². The van der Waals surface area contributed by atoms with Crippen molar-refractivity contribution in [2.24, 2.45) is 5.73 Å². The fraction of sp³-hybridized carbons (Fsp3) is 1.00. The van der Waals surface area contributed by atoms with E-state index in [1.54, 1.807) is 0 Å². The second kappa shape index (κ2) is 6.68. The summed E-state index contributed by atoms with van der Waals surface area (Å²) in [5, 5.41) is 0. The molecule has 13 heavy (non-hydrogen) atoms. The van der Waals surface area contributed by atoms with Crippen LogP contribution in [0.4, 0.5) is 0 Å². The third-order valence-electron chi connectivity index (χ3n) is 2.45. The van der Waals surface area contributed by atoms with Gasteiger partial charge >= 0.3 is 0 Å². The first-order valence-corrected chi connectivity index (χ1v) is 6.50. The van der Waals surface area contributed by atoms with Gasteiger partial charge in [0.05, 0.1) is 0 Å². The summed E-state index contributed by atoms with van der Waals surface area (Å²) in [5.41, 5.74) is 5.72. The van der Waals surface area contributed by atoms with Crippen molar-refractivity contribution in [2.45, 2.75) is 32.2 Å². The van der Waals surface area contributed by atoms with Gasteiger partial charge in [-0.3, -0.25) is 0 Å². The molecule has 1 heterocycles. The van der Waals surface area contributed by atoms with Crippen LogP contribution >= 0.6 is 11.8 Å². The maximum absolute atomic E-state index is 5.72. The molecule has 1 fully saturated rings. The van der Waals surface area contributed by atoms with E-state index < -0.39 is 0 Å². The molecule has 1 atom stereocenters. The number of hydrogen-bond donors (Lipinski definition) is 1. The Morgan fingerprint density at radius 3 is 3.00 bits per heavy atom. The van der Waals surface area contributed by atoms with Gasteiger partial charge in [0.25, 0.3) is 0 Å². The van der Waals surface area contributed by atoms with Crippen LogP contribution in [0.3, 0.4) is 0 Å². The standard InChI is InChI=1S/C10H22N2S/c1-10(11)4-2-5-12-6-3-8-13-9-7-12/h10H,2-9,11H2,1H3. The molecule has 0 aromatic rings. The van der Waals surface area contributed by atoms with Crippen molar-refractivity contribution in [3.63, 3.8) is 0 Å². The molecule has 1 unspecified atom stereocenters. The molecule has 0 amide bonds. The predicted octanol–water partition coefficient (Wildman–Crippen LogP) is 1.55. The van der Waals surface area contributed by atoms with Crippen molar-refractivity contribution in [3.8, 4) is 0 Å². The lowest BCUT2D eigenvalue weighted by Gasteiger charge is -2.19. The van der Waals surface area contributed by atoms with Crippen LogP contribution in [0.15, 0.2) is 0 Å². The maximum Gasteiger partial charge on any atom is 0.00723 e. The Balaban J connectivity index is 2.05. The van der Waals surface area contributed by atoms with E-state index in [2.05, 4.69) is 23.6 Å². The highest BCUT2D eigenvalue weighted by Crippen LogP contribution is 2.10. The van der Waals surface area contributed by atoms with Crippen molar-refractivity contribution >= 4 is 11.8 Å². The Bertz CT molecular complexity index is 120. The molecule has 1 aliphatic rings. The van der Waals surface area contributed by atoms with Crippen LogP contribution in [0.5, 0.6) is 0 Å². The maximum atomic E-state index is 5.72. The normalized spacial score (nSPS) is 22.6. The molecule has 0 spiro atoms. The lowest BCUT2D eigenvalue weighted by molar-refractivity contribution is 0.286. The van der Waals surface area contributed by atoms with Gasteiger partial charge in [-0.1, -0.05) is 0 Å². The van der Waals surface area contributed by atoms with Crippen LogP contribution in [-0.2, 0) is 0 Å². The Hall–Kier alpha value is 0.270. The number of rotatable bonds is 4. The smallest absolute Gasteiger partial charge is 0.00723 e. The SMILES string of the molecule is CC(N)CCCN1CCCSCC1. The third-order valence-corrected chi connectivity index (χ3v) is 3.50. The molecule has 1 rings (SSSR count). The fourth-order valence-corrected chi connectivity index (χ4v) is 2.58. The molecule has 1 saturated heterocycles. The molecule has 0 radical (unpaired) electrons. The first kappa shape index (κ1) is 11.3. The molecule has 0 saturated carbocycles. The average molecular weight is 202 g/mol. The van der Waals surface area contributed by atoms with E-state index in [1.165, 1.54) is 50.4 Å². The monoisotopic (exact) mass is 202 g/mol. The molecule has 0 aliphatic carbocycles. The van der Waals surface area contributed by atoms with Crippen molar-refractivity contribution in [2.75, 3.05) is 31.1 Å². The van der Waals surface area contributed by atoms with Gasteiger partial charge in [-0.25, -0.2) is 0 Å². The van der Waals surface area contributed by atoms with E-state index in [1.807, 2.05) is 0 Å². The van der Waals surface area contributed by atoms with Gasteiger partial charge in [0.1, 0.15) is 0 Å². The predicted molar refractivity (Wildman–Crippen MR) is 61.3 cm³/mol. The van der Waals surface area contributed by atoms with Crippen LogP contribution < -0.4 is 5.73 Å². The molecule has 78 valence electrons. The highest BCUT2D eigenvalue weighted by molar-refractivity contribution is 7.99. The van der Waals surface area contributed by atoms with Crippen LogP contribution in [0.1, 0.15) is 26.2 Å². The number of nitrogens with zero attached hydrogens (tertiary/aromatic N) is 1. The minimum atomic E-state index is 0.376. The molecular formula is C10H22N2S. The van der Waals surface area contributed by atoms with Gasteiger partial charge in [0.2, 0.25) is 0 Å². The van der Waals surface area contributed by atoms with Crippen LogP contribution in [-0.4, -0.2) is 42.1 Å². The average Bonchev–Trinajstić information content (AvgIpc) is 2.32. The summed E-state index contributed by atoms with van der Waals surface area (Å²) in [4.78, 5) is 2.59. The van der Waals surface area contributed by atoms with Crippen molar-refractivity contribution in [1.29, 1.82) is 0 Å². The Morgan fingerprint density at radius 2 is 2.23 bits per heavy atom. The zero-order valence-electron chi connectivity index (χ0n) is 8.67. The summed E-state index contributed by atoms with van der Waals surface area (Å²) < 4.78 is 0. The Labute approximate surface area is 86.2 Å². The first-order chi connectivity index (χ1) is 6.29. The van der Waals surface area contributed by atoms with E-state index in [0.29, 0.717) is 6.04 Å². The highest BCUT2D eigenvalue weighted by Gasteiger charge is 2.08. The number of nitrogens with two attached hydrogens (primary N) is 1. The molecule has 3 heteroatoms. The summed E-state index contributed by atoms with van der Waals surface area (Å²) in [5.74, 6) is 2.67.